The molecule has 1 aliphatic rings. The van der Waals surface area contributed by atoms with Crippen molar-refractivity contribution in [2.45, 2.75) is 19.8 Å². The summed E-state index contributed by atoms with van der Waals surface area (Å²) in [5, 5.41) is 4.88. The Hall–Kier alpha value is -1.35. The largest absolute Gasteiger partial charge is 0.351 e. The molecule has 0 aromatic carbocycles. The van der Waals surface area contributed by atoms with E-state index in [9.17, 15) is 4.79 Å². The van der Waals surface area contributed by atoms with Crippen LogP contribution in [0.25, 0.3) is 0 Å². The van der Waals surface area contributed by atoms with Crippen LogP contribution in [0.5, 0.6) is 0 Å². The molecule has 1 radical (unpaired) electrons. The molecule has 1 N–H and O–H groups in total. The van der Waals surface area contributed by atoms with Gasteiger partial charge < -0.3 is 5.32 Å². The third-order valence-electron chi connectivity index (χ3n) is 3.00. The monoisotopic (exact) mass is 246 g/mol. The first-order valence-electron chi connectivity index (χ1n) is 5.83. The molecule has 1 aromatic rings. The number of amides is 1. The van der Waals surface area contributed by atoms with Gasteiger partial charge in [-0.3, -0.25) is 4.79 Å². The van der Waals surface area contributed by atoms with Gasteiger partial charge in [-0.05, 0) is 43.2 Å². The maximum atomic E-state index is 11.7. The van der Waals surface area contributed by atoms with E-state index in [1.165, 1.54) is 16.9 Å². The van der Waals surface area contributed by atoms with Crippen LogP contribution >= 0.6 is 11.3 Å². The predicted molar refractivity (Wildman–Crippen MR) is 70.9 cm³/mol. The Morgan fingerprint density at radius 3 is 3.24 bits per heavy atom. The molecular weight excluding hydrogens is 230 g/mol. The van der Waals surface area contributed by atoms with Crippen molar-refractivity contribution in [3.63, 3.8) is 0 Å². The first-order chi connectivity index (χ1) is 8.27. The van der Waals surface area contributed by atoms with Crippen molar-refractivity contribution in [2.75, 3.05) is 6.54 Å². The molecule has 0 spiro atoms. The zero-order valence-electron chi connectivity index (χ0n) is 9.90. The lowest BCUT2D eigenvalue weighted by Gasteiger charge is -2.18. The Kier molecular flexibility index (Phi) is 4.15. The number of hydrogen-bond donors (Lipinski definition) is 1. The van der Waals surface area contributed by atoms with Crippen molar-refractivity contribution >= 4 is 17.2 Å². The highest BCUT2D eigenvalue weighted by atomic mass is 32.1. The first-order valence-corrected chi connectivity index (χ1v) is 6.71. The zero-order valence-corrected chi connectivity index (χ0v) is 10.7. The van der Waals surface area contributed by atoms with Crippen molar-refractivity contribution in [3.05, 3.63) is 46.2 Å². The summed E-state index contributed by atoms with van der Waals surface area (Å²) in [6, 6.07) is 3.75. The van der Waals surface area contributed by atoms with Gasteiger partial charge in [0.05, 0.1) is 4.88 Å². The molecule has 0 aliphatic heterocycles. The van der Waals surface area contributed by atoms with E-state index in [1.807, 2.05) is 23.6 Å². The van der Waals surface area contributed by atoms with Gasteiger partial charge in [-0.2, -0.15) is 0 Å². The summed E-state index contributed by atoms with van der Waals surface area (Å²) in [5.41, 5.74) is 1.36. The highest BCUT2D eigenvalue weighted by molar-refractivity contribution is 7.12. The number of hydrogen-bond acceptors (Lipinski definition) is 2. The van der Waals surface area contributed by atoms with Crippen LogP contribution in [0.1, 0.15) is 29.4 Å². The van der Waals surface area contributed by atoms with Crippen molar-refractivity contribution < 1.29 is 4.79 Å². The highest BCUT2D eigenvalue weighted by Gasteiger charge is 2.12. The molecule has 0 saturated heterocycles. The fourth-order valence-electron chi connectivity index (χ4n) is 1.90. The van der Waals surface area contributed by atoms with E-state index >= 15 is 0 Å². The van der Waals surface area contributed by atoms with Crippen LogP contribution in [0.15, 0.2) is 35.2 Å². The molecule has 2 nitrogen and oxygen atoms in total. The van der Waals surface area contributed by atoms with Gasteiger partial charge in [0, 0.05) is 6.54 Å². The number of rotatable bonds is 4. The number of nitrogens with one attached hydrogen (secondary N) is 1. The Labute approximate surface area is 106 Å². The van der Waals surface area contributed by atoms with Crippen molar-refractivity contribution in [1.29, 1.82) is 0 Å². The second kappa shape index (κ2) is 5.82. The van der Waals surface area contributed by atoms with Crippen LogP contribution in [0.4, 0.5) is 0 Å². The van der Waals surface area contributed by atoms with Crippen molar-refractivity contribution in [2.24, 2.45) is 5.92 Å². The summed E-state index contributed by atoms with van der Waals surface area (Å²) in [7, 11) is 0. The minimum Gasteiger partial charge on any atom is -0.351 e. The number of carbonyl (C=O) groups excluding carboxylic acids is 1. The van der Waals surface area contributed by atoms with E-state index in [2.05, 4.69) is 24.4 Å². The van der Waals surface area contributed by atoms with Crippen molar-refractivity contribution in [3.8, 4) is 0 Å². The van der Waals surface area contributed by atoms with E-state index in [1.54, 1.807) is 0 Å². The summed E-state index contributed by atoms with van der Waals surface area (Å²) < 4.78 is 0. The van der Waals surface area contributed by atoms with E-state index < -0.39 is 0 Å². The molecule has 1 amide bonds. The smallest absolute Gasteiger partial charge is 0.261 e. The lowest BCUT2D eigenvalue weighted by molar-refractivity contribution is 0.0956. The molecule has 0 fully saturated rings. The van der Waals surface area contributed by atoms with E-state index in [0.717, 1.165) is 24.3 Å². The fourth-order valence-corrected chi connectivity index (χ4v) is 2.54. The fraction of sp³-hybridized carbons (Fsp3) is 0.357. The SMILES string of the molecule is CC1=C[C]=CCC1CCNC(=O)c1cccs1. The maximum absolute atomic E-state index is 11.7. The Bertz CT molecular complexity index is 431. The lowest BCUT2D eigenvalue weighted by atomic mass is 9.90. The third-order valence-corrected chi connectivity index (χ3v) is 3.87. The standard InChI is InChI=1S/C14H16NOS/c1-11-5-2-3-6-12(11)8-9-15-14(16)13-7-4-10-17-13/h3-5,7,10,12H,6,8-9H2,1H3,(H,15,16). The molecule has 3 heteroatoms. The van der Waals surface area contributed by atoms with Crippen LogP contribution in [0.2, 0.25) is 0 Å². The molecule has 1 aliphatic carbocycles. The van der Waals surface area contributed by atoms with Crippen molar-refractivity contribution in [1.82, 2.24) is 5.32 Å². The zero-order chi connectivity index (χ0) is 12.1. The normalized spacial score (nSPS) is 18.9. The summed E-state index contributed by atoms with van der Waals surface area (Å²) in [6.07, 6.45) is 9.26. The van der Waals surface area contributed by atoms with E-state index in [-0.39, 0.29) is 5.91 Å². The van der Waals surface area contributed by atoms with Crippen LogP contribution < -0.4 is 5.32 Å². The molecular formula is C14H16NOS. The predicted octanol–water partition coefficient (Wildman–Crippen LogP) is 3.19. The van der Waals surface area contributed by atoms with Crippen LogP contribution in [-0.2, 0) is 0 Å². The average Bonchev–Trinajstić information content (AvgIpc) is 2.85. The minimum atomic E-state index is 0.0412. The molecule has 2 rings (SSSR count). The summed E-state index contributed by atoms with van der Waals surface area (Å²) in [6.45, 7) is 2.87. The maximum Gasteiger partial charge on any atom is 0.261 e. The van der Waals surface area contributed by atoms with Crippen LogP contribution in [-0.4, -0.2) is 12.5 Å². The van der Waals surface area contributed by atoms with Crippen LogP contribution in [0.3, 0.4) is 0 Å². The topological polar surface area (TPSA) is 29.1 Å². The first kappa shape index (κ1) is 12.1. The third kappa shape index (κ3) is 3.30. The second-order valence-corrected chi connectivity index (χ2v) is 5.16. The van der Waals surface area contributed by atoms with Gasteiger partial charge in [0.2, 0.25) is 0 Å². The highest BCUT2D eigenvalue weighted by Crippen LogP contribution is 2.22. The number of thiophene rings is 1. The van der Waals surface area contributed by atoms with E-state index in [4.69, 9.17) is 0 Å². The molecule has 1 atom stereocenters. The van der Waals surface area contributed by atoms with Gasteiger partial charge in [-0.15, -0.1) is 11.3 Å². The summed E-state index contributed by atoms with van der Waals surface area (Å²) in [4.78, 5) is 12.5. The van der Waals surface area contributed by atoms with Gasteiger partial charge >= 0.3 is 0 Å². The summed E-state index contributed by atoms with van der Waals surface area (Å²) in [5.74, 6) is 0.597. The van der Waals surface area contributed by atoms with Gasteiger partial charge in [0.15, 0.2) is 0 Å². The molecule has 89 valence electrons. The summed E-state index contributed by atoms with van der Waals surface area (Å²) >= 11 is 1.48. The average molecular weight is 246 g/mol. The molecule has 1 heterocycles. The van der Waals surface area contributed by atoms with Gasteiger partial charge in [-0.1, -0.05) is 23.8 Å². The Morgan fingerprint density at radius 1 is 1.65 bits per heavy atom. The lowest BCUT2D eigenvalue weighted by Crippen LogP contribution is -2.25. The molecule has 0 bridgehead atoms. The van der Waals surface area contributed by atoms with Crippen LogP contribution in [0, 0.1) is 12.0 Å². The van der Waals surface area contributed by atoms with Gasteiger partial charge in [-0.25, -0.2) is 0 Å². The Morgan fingerprint density at radius 2 is 2.53 bits per heavy atom. The Balaban J connectivity index is 1.75. The van der Waals surface area contributed by atoms with Gasteiger partial charge in [0.1, 0.15) is 0 Å². The number of carbonyl (C=O) groups is 1. The van der Waals surface area contributed by atoms with Gasteiger partial charge in [0.25, 0.3) is 5.91 Å². The second-order valence-electron chi connectivity index (χ2n) is 4.21. The van der Waals surface area contributed by atoms with E-state index in [0.29, 0.717) is 5.92 Å². The molecule has 0 saturated carbocycles. The molecule has 17 heavy (non-hydrogen) atoms. The quantitative estimate of drug-likeness (QED) is 0.868. The molecule has 1 aromatic heterocycles. The molecule has 1 unspecified atom stereocenters. The minimum absolute atomic E-state index is 0.0412. The number of allylic oxidation sites excluding steroid dienone is 4.